The Morgan fingerprint density at radius 3 is 2.69 bits per heavy atom. The van der Waals surface area contributed by atoms with Crippen molar-refractivity contribution in [1.82, 2.24) is 4.98 Å². The van der Waals surface area contributed by atoms with Crippen molar-refractivity contribution < 1.29 is 19.4 Å². The Hall–Kier alpha value is -1.62. The van der Waals surface area contributed by atoms with Crippen LogP contribution in [0.4, 0.5) is 0 Å². The highest BCUT2D eigenvalue weighted by Gasteiger charge is 2.11. The van der Waals surface area contributed by atoms with Gasteiger partial charge >= 0.3 is 5.97 Å². The maximum Gasteiger partial charge on any atom is 0.357 e. The molecular formula is C11H15NO4. The minimum Gasteiger partial charge on any atom is -0.494 e. The molecule has 0 amide bonds. The molecule has 0 atom stereocenters. The zero-order chi connectivity index (χ0) is 12.0. The summed E-state index contributed by atoms with van der Waals surface area (Å²) in [5.74, 6) is -0.0108. The van der Waals surface area contributed by atoms with Crippen molar-refractivity contribution in [3.05, 3.63) is 23.5 Å². The Kier molecular flexibility index (Phi) is 4.72. The molecule has 5 heteroatoms. The van der Waals surface area contributed by atoms with Crippen LogP contribution in [-0.4, -0.2) is 29.3 Å². The predicted octanol–water partition coefficient (Wildman–Crippen LogP) is 1.15. The first-order valence-corrected chi connectivity index (χ1v) is 5.13. The number of ether oxygens (including phenoxy) is 2. The molecule has 1 heterocycles. The van der Waals surface area contributed by atoms with Crippen molar-refractivity contribution in [2.75, 3.05) is 13.2 Å². The highest BCUT2D eigenvalue weighted by molar-refractivity contribution is 5.87. The molecule has 0 unspecified atom stereocenters. The SMILES string of the molecule is CCOC(=O)c1cc(OCC)cc(CO)n1. The van der Waals surface area contributed by atoms with Crippen molar-refractivity contribution in [3.63, 3.8) is 0 Å². The van der Waals surface area contributed by atoms with Gasteiger partial charge in [0.2, 0.25) is 0 Å². The summed E-state index contributed by atoms with van der Waals surface area (Å²) in [7, 11) is 0. The molecule has 0 fully saturated rings. The molecule has 0 saturated carbocycles. The topological polar surface area (TPSA) is 68.7 Å². The lowest BCUT2D eigenvalue weighted by Gasteiger charge is -2.07. The Balaban J connectivity index is 2.98. The van der Waals surface area contributed by atoms with Gasteiger partial charge in [-0.05, 0) is 13.8 Å². The lowest BCUT2D eigenvalue weighted by molar-refractivity contribution is 0.0518. The summed E-state index contributed by atoms with van der Waals surface area (Å²) >= 11 is 0. The number of nitrogens with zero attached hydrogens (tertiary/aromatic N) is 1. The van der Waals surface area contributed by atoms with Crippen LogP contribution in [-0.2, 0) is 11.3 Å². The van der Waals surface area contributed by atoms with Gasteiger partial charge in [-0.3, -0.25) is 0 Å². The van der Waals surface area contributed by atoms with Crippen LogP contribution in [0.5, 0.6) is 5.75 Å². The minimum atomic E-state index is -0.515. The first kappa shape index (κ1) is 12.4. The molecular weight excluding hydrogens is 210 g/mol. The van der Waals surface area contributed by atoms with Crippen LogP contribution in [0.15, 0.2) is 12.1 Å². The van der Waals surface area contributed by atoms with Crippen molar-refractivity contribution >= 4 is 5.97 Å². The van der Waals surface area contributed by atoms with Crippen LogP contribution < -0.4 is 4.74 Å². The van der Waals surface area contributed by atoms with E-state index in [0.717, 1.165) is 0 Å². The average molecular weight is 225 g/mol. The third kappa shape index (κ3) is 3.20. The lowest BCUT2D eigenvalue weighted by Crippen LogP contribution is -2.09. The summed E-state index contributed by atoms with van der Waals surface area (Å²) in [5.41, 5.74) is 0.533. The molecule has 1 N–H and O–H groups in total. The van der Waals surface area contributed by atoms with Gasteiger partial charge in [-0.2, -0.15) is 0 Å². The highest BCUT2D eigenvalue weighted by Crippen LogP contribution is 2.15. The van der Waals surface area contributed by atoms with E-state index in [-0.39, 0.29) is 18.9 Å². The number of rotatable bonds is 5. The van der Waals surface area contributed by atoms with E-state index >= 15 is 0 Å². The molecule has 16 heavy (non-hydrogen) atoms. The molecule has 0 aromatic carbocycles. The highest BCUT2D eigenvalue weighted by atomic mass is 16.5. The van der Waals surface area contributed by atoms with E-state index in [1.165, 1.54) is 6.07 Å². The van der Waals surface area contributed by atoms with Gasteiger partial charge in [0.25, 0.3) is 0 Å². The lowest BCUT2D eigenvalue weighted by atomic mass is 10.3. The first-order valence-electron chi connectivity index (χ1n) is 5.13. The summed E-state index contributed by atoms with van der Waals surface area (Å²) in [5, 5.41) is 9.00. The van der Waals surface area contributed by atoms with E-state index in [2.05, 4.69) is 4.98 Å². The van der Waals surface area contributed by atoms with Crippen LogP contribution in [0.2, 0.25) is 0 Å². The van der Waals surface area contributed by atoms with E-state index < -0.39 is 5.97 Å². The van der Waals surface area contributed by atoms with E-state index in [1.54, 1.807) is 13.0 Å². The smallest absolute Gasteiger partial charge is 0.357 e. The molecule has 0 aliphatic heterocycles. The quantitative estimate of drug-likeness (QED) is 0.761. The summed E-state index contributed by atoms with van der Waals surface area (Å²) in [4.78, 5) is 15.4. The molecule has 5 nitrogen and oxygen atoms in total. The molecule has 0 radical (unpaired) electrons. The van der Waals surface area contributed by atoms with E-state index in [1.807, 2.05) is 6.92 Å². The maximum absolute atomic E-state index is 11.4. The number of hydrogen-bond donors (Lipinski definition) is 1. The monoisotopic (exact) mass is 225 g/mol. The molecule has 0 spiro atoms. The Morgan fingerprint density at radius 1 is 1.38 bits per heavy atom. The van der Waals surface area contributed by atoms with Crippen LogP contribution in [0, 0.1) is 0 Å². The van der Waals surface area contributed by atoms with E-state index in [0.29, 0.717) is 18.1 Å². The molecule has 1 aromatic rings. The number of aliphatic hydroxyl groups is 1. The van der Waals surface area contributed by atoms with Crippen molar-refractivity contribution in [3.8, 4) is 5.75 Å². The molecule has 1 rings (SSSR count). The van der Waals surface area contributed by atoms with E-state index in [9.17, 15) is 4.79 Å². The van der Waals surface area contributed by atoms with Crippen LogP contribution >= 0.6 is 0 Å². The second-order valence-corrected chi connectivity index (χ2v) is 2.99. The van der Waals surface area contributed by atoms with Gasteiger partial charge in [0.15, 0.2) is 5.69 Å². The second kappa shape index (κ2) is 6.07. The maximum atomic E-state index is 11.4. The number of aromatic nitrogens is 1. The van der Waals surface area contributed by atoms with Gasteiger partial charge in [-0.1, -0.05) is 0 Å². The second-order valence-electron chi connectivity index (χ2n) is 2.99. The predicted molar refractivity (Wildman–Crippen MR) is 57.3 cm³/mol. The molecule has 0 bridgehead atoms. The zero-order valence-corrected chi connectivity index (χ0v) is 9.40. The summed E-state index contributed by atoms with van der Waals surface area (Å²) in [6, 6.07) is 3.09. The van der Waals surface area contributed by atoms with Gasteiger partial charge in [0, 0.05) is 12.1 Å². The van der Waals surface area contributed by atoms with Crippen LogP contribution in [0.3, 0.4) is 0 Å². The summed E-state index contributed by atoms with van der Waals surface area (Å²) < 4.78 is 10.1. The third-order valence-electron chi connectivity index (χ3n) is 1.81. The van der Waals surface area contributed by atoms with Gasteiger partial charge in [0.1, 0.15) is 5.75 Å². The fraction of sp³-hybridized carbons (Fsp3) is 0.455. The Morgan fingerprint density at radius 2 is 2.12 bits per heavy atom. The zero-order valence-electron chi connectivity index (χ0n) is 9.40. The number of aliphatic hydroxyl groups excluding tert-OH is 1. The largest absolute Gasteiger partial charge is 0.494 e. The summed E-state index contributed by atoms with van der Waals surface area (Å²) in [6.07, 6.45) is 0. The Labute approximate surface area is 94.0 Å². The first-order chi connectivity index (χ1) is 7.71. The minimum absolute atomic E-state index is 0.150. The van der Waals surface area contributed by atoms with Gasteiger partial charge in [-0.25, -0.2) is 9.78 Å². The number of carbonyl (C=O) groups excluding carboxylic acids is 1. The molecule has 1 aromatic heterocycles. The van der Waals surface area contributed by atoms with Crippen LogP contribution in [0.1, 0.15) is 30.0 Å². The number of carbonyl (C=O) groups is 1. The van der Waals surface area contributed by atoms with Gasteiger partial charge in [-0.15, -0.1) is 0 Å². The molecule has 0 aliphatic rings. The number of pyridine rings is 1. The summed E-state index contributed by atoms with van der Waals surface area (Å²) in [6.45, 7) is 4.08. The average Bonchev–Trinajstić information content (AvgIpc) is 2.29. The van der Waals surface area contributed by atoms with Gasteiger partial charge in [0.05, 0.1) is 25.5 Å². The third-order valence-corrected chi connectivity index (χ3v) is 1.81. The molecule has 88 valence electrons. The standard InChI is InChI=1S/C11H15NO4/c1-3-15-9-5-8(7-13)12-10(6-9)11(14)16-4-2/h5-6,13H,3-4,7H2,1-2H3. The van der Waals surface area contributed by atoms with Crippen molar-refractivity contribution in [2.45, 2.75) is 20.5 Å². The number of hydrogen-bond acceptors (Lipinski definition) is 5. The van der Waals surface area contributed by atoms with Gasteiger partial charge < -0.3 is 14.6 Å². The number of esters is 1. The molecule has 0 saturated heterocycles. The normalized spacial score (nSPS) is 9.94. The van der Waals surface area contributed by atoms with E-state index in [4.69, 9.17) is 14.6 Å². The fourth-order valence-electron chi connectivity index (χ4n) is 1.20. The van der Waals surface area contributed by atoms with Crippen molar-refractivity contribution in [2.24, 2.45) is 0 Å². The van der Waals surface area contributed by atoms with Crippen molar-refractivity contribution in [1.29, 1.82) is 0 Å². The van der Waals surface area contributed by atoms with Crippen LogP contribution in [0.25, 0.3) is 0 Å². The fourth-order valence-corrected chi connectivity index (χ4v) is 1.20. The molecule has 0 aliphatic carbocycles. The Bertz CT molecular complexity index is 365.